The zero-order valence-corrected chi connectivity index (χ0v) is 10.2. The van der Waals surface area contributed by atoms with Gasteiger partial charge in [0.05, 0.1) is 7.11 Å². The first kappa shape index (κ1) is 11.2. The normalized spacial score (nSPS) is 44.3. The largest absolute Gasteiger partial charge is 0.468 e. The molecule has 4 atom stereocenters. The zero-order valence-electron chi connectivity index (χ0n) is 10.2. The smallest absolute Gasteiger partial charge is 0.316 e. The van der Waals surface area contributed by atoms with Crippen LogP contribution in [0.15, 0.2) is 0 Å². The number of nitrogens with one attached hydrogen (secondary N) is 1. The number of methoxy groups -OCH3 is 1. The van der Waals surface area contributed by atoms with E-state index >= 15 is 0 Å². The lowest BCUT2D eigenvalue weighted by molar-refractivity contribution is -0.154. The number of carbonyl (C=O) groups excluding carboxylic acids is 2. The van der Waals surface area contributed by atoms with Gasteiger partial charge in [0.1, 0.15) is 5.92 Å². The van der Waals surface area contributed by atoms with E-state index in [4.69, 9.17) is 4.74 Å². The van der Waals surface area contributed by atoms with Crippen LogP contribution < -0.4 is 5.32 Å². The summed E-state index contributed by atoms with van der Waals surface area (Å²) in [6.07, 6.45) is 4.00. The Labute approximate surface area is 101 Å². The fourth-order valence-corrected chi connectivity index (χ4v) is 4.10. The van der Waals surface area contributed by atoms with Crippen LogP contribution in [0.2, 0.25) is 0 Å². The standard InChI is InChI=1S/C13H19NO3/c1-17-12(16)10-11(15)8-7-9(8)13(10)3-2-5-14-6-4-13/h8-10,14H,2-7H2,1H3. The van der Waals surface area contributed by atoms with Gasteiger partial charge in [-0.25, -0.2) is 0 Å². The molecule has 1 saturated heterocycles. The Morgan fingerprint density at radius 2 is 2.24 bits per heavy atom. The molecular weight excluding hydrogens is 218 g/mol. The Morgan fingerprint density at radius 3 is 3.00 bits per heavy atom. The predicted molar refractivity (Wildman–Crippen MR) is 61.3 cm³/mol. The Balaban J connectivity index is 1.94. The first-order chi connectivity index (χ1) is 8.20. The lowest BCUT2D eigenvalue weighted by Crippen LogP contribution is -2.39. The molecule has 4 heteroatoms. The summed E-state index contributed by atoms with van der Waals surface area (Å²) in [5.74, 6) is 0.000185. The van der Waals surface area contributed by atoms with Crippen LogP contribution in [0.3, 0.4) is 0 Å². The van der Waals surface area contributed by atoms with Gasteiger partial charge in [0.2, 0.25) is 0 Å². The summed E-state index contributed by atoms with van der Waals surface area (Å²) < 4.78 is 4.86. The van der Waals surface area contributed by atoms with E-state index in [-0.39, 0.29) is 23.1 Å². The molecule has 4 unspecified atom stereocenters. The molecule has 0 radical (unpaired) electrons. The fraction of sp³-hybridized carbons (Fsp3) is 0.846. The monoisotopic (exact) mass is 237 g/mol. The SMILES string of the molecule is COC(=O)C1C(=O)C2CC2C12CCCNCC2. The molecule has 0 bridgehead atoms. The molecule has 94 valence electrons. The topological polar surface area (TPSA) is 55.4 Å². The van der Waals surface area contributed by atoms with Gasteiger partial charge in [-0.1, -0.05) is 0 Å². The van der Waals surface area contributed by atoms with Gasteiger partial charge in [0, 0.05) is 5.92 Å². The molecule has 2 aliphatic carbocycles. The highest BCUT2D eigenvalue weighted by Gasteiger charge is 2.69. The number of fused-ring (bicyclic) bond motifs is 2. The molecule has 3 aliphatic rings. The van der Waals surface area contributed by atoms with Gasteiger partial charge in [0.25, 0.3) is 0 Å². The van der Waals surface area contributed by atoms with Gasteiger partial charge >= 0.3 is 5.97 Å². The molecule has 1 aliphatic heterocycles. The molecular formula is C13H19NO3. The average molecular weight is 237 g/mol. The average Bonchev–Trinajstić information content (AvgIpc) is 3.09. The minimum absolute atomic E-state index is 0.0850. The van der Waals surface area contributed by atoms with Crippen molar-refractivity contribution in [2.75, 3.05) is 20.2 Å². The lowest BCUT2D eigenvalue weighted by atomic mass is 9.69. The second-order valence-corrected chi connectivity index (χ2v) is 5.64. The quantitative estimate of drug-likeness (QED) is 0.540. The van der Waals surface area contributed by atoms with Crippen molar-refractivity contribution in [2.45, 2.75) is 25.7 Å². The third kappa shape index (κ3) is 1.46. The summed E-state index contributed by atoms with van der Waals surface area (Å²) in [5.41, 5.74) is -0.0850. The maximum absolute atomic E-state index is 12.2. The van der Waals surface area contributed by atoms with Crippen LogP contribution in [0.4, 0.5) is 0 Å². The predicted octanol–water partition coefficient (Wildman–Crippen LogP) is 0.754. The lowest BCUT2D eigenvalue weighted by Gasteiger charge is -2.34. The van der Waals surface area contributed by atoms with Crippen molar-refractivity contribution in [1.29, 1.82) is 0 Å². The van der Waals surface area contributed by atoms with Crippen LogP contribution in [0.1, 0.15) is 25.7 Å². The summed E-state index contributed by atoms with van der Waals surface area (Å²) in [7, 11) is 1.39. The van der Waals surface area contributed by atoms with Crippen LogP contribution in [-0.2, 0) is 14.3 Å². The van der Waals surface area contributed by atoms with Crippen molar-refractivity contribution in [1.82, 2.24) is 5.32 Å². The maximum atomic E-state index is 12.2. The van der Waals surface area contributed by atoms with Crippen molar-refractivity contribution < 1.29 is 14.3 Å². The minimum atomic E-state index is -0.476. The van der Waals surface area contributed by atoms with E-state index in [2.05, 4.69) is 5.32 Å². The molecule has 0 amide bonds. The van der Waals surface area contributed by atoms with E-state index in [1.165, 1.54) is 7.11 Å². The maximum Gasteiger partial charge on any atom is 0.316 e. The Morgan fingerprint density at radius 1 is 1.41 bits per heavy atom. The molecule has 3 rings (SSSR count). The Bertz CT molecular complexity index is 358. The number of hydrogen-bond donors (Lipinski definition) is 1. The first-order valence-corrected chi connectivity index (χ1v) is 6.53. The molecule has 1 N–H and O–H groups in total. The Hall–Kier alpha value is -0.900. The summed E-state index contributed by atoms with van der Waals surface area (Å²) in [6.45, 7) is 1.92. The molecule has 2 saturated carbocycles. The van der Waals surface area contributed by atoms with Gasteiger partial charge in [-0.2, -0.15) is 0 Å². The van der Waals surface area contributed by atoms with Crippen molar-refractivity contribution in [2.24, 2.45) is 23.2 Å². The molecule has 0 aromatic heterocycles. The molecule has 1 heterocycles. The van der Waals surface area contributed by atoms with Crippen molar-refractivity contribution in [3.8, 4) is 0 Å². The summed E-state index contributed by atoms with van der Waals surface area (Å²) >= 11 is 0. The number of hydrogen-bond acceptors (Lipinski definition) is 4. The van der Waals surface area contributed by atoms with E-state index in [0.717, 1.165) is 38.8 Å². The van der Waals surface area contributed by atoms with Crippen LogP contribution in [0, 0.1) is 23.2 Å². The van der Waals surface area contributed by atoms with Crippen molar-refractivity contribution in [3.63, 3.8) is 0 Å². The first-order valence-electron chi connectivity index (χ1n) is 6.53. The number of esters is 1. The summed E-state index contributed by atoms with van der Waals surface area (Å²) in [6, 6.07) is 0. The molecule has 4 nitrogen and oxygen atoms in total. The van der Waals surface area contributed by atoms with E-state index < -0.39 is 5.92 Å². The van der Waals surface area contributed by atoms with Gasteiger partial charge in [-0.3, -0.25) is 9.59 Å². The van der Waals surface area contributed by atoms with E-state index in [1.54, 1.807) is 0 Å². The molecule has 0 aromatic carbocycles. The van der Waals surface area contributed by atoms with Gasteiger partial charge < -0.3 is 10.1 Å². The van der Waals surface area contributed by atoms with Crippen LogP contribution >= 0.6 is 0 Å². The number of Topliss-reactive ketones (excluding diaryl/α,β-unsaturated/α-hetero) is 1. The number of ketones is 1. The highest BCUT2D eigenvalue weighted by molar-refractivity contribution is 6.05. The Kier molecular flexibility index (Phi) is 2.51. The van der Waals surface area contributed by atoms with E-state index in [9.17, 15) is 9.59 Å². The zero-order chi connectivity index (χ0) is 12.0. The van der Waals surface area contributed by atoms with E-state index in [1.807, 2.05) is 0 Å². The third-order valence-corrected chi connectivity index (χ3v) is 4.95. The van der Waals surface area contributed by atoms with Crippen LogP contribution in [0.25, 0.3) is 0 Å². The highest BCUT2D eigenvalue weighted by atomic mass is 16.5. The molecule has 1 spiro atoms. The van der Waals surface area contributed by atoms with Crippen LogP contribution in [0.5, 0.6) is 0 Å². The van der Waals surface area contributed by atoms with Crippen molar-refractivity contribution >= 4 is 11.8 Å². The number of ether oxygens (including phenoxy) is 1. The molecule has 17 heavy (non-hydrogen) atoms. The van der Waals surface area contributed by atoms with Crippen molar-refractivity contribution in [3.05, 3.63) is 0 Å². The number of carbonyl (C=O) groups is 2. The summed E-state index contributed by atoms with van der Waals surface area (Å²) in [5, 5.41) is 3.37. The second kappa shape index (κ2) is 3.80. The van der Waals surface area contributed by atoms with Gasteiger partial charge in [-0.15, -0.1) is 0 Å². The highest BCUT2D eigenvalue weighted by Crippen LogP contribution is 2.66. The fourth-order valence-electron chi connectivity index (χ4n) is 4.10. The molecule has 0 aromatic rings. The molecule has 3 fully saturated rings. The van der Waals surface area contributed by atoms with Crippen LogP contribution in [-0.4, -0.2) is 32.0 Å². The summed E-state index contributed by atoms with van der Waals surface area (Å²) in [4.78, 5) is 24.1. The second-order valence-electron chi connectivity index (χ2n) is 5.64. The van der Waals surface area contributed by atoms with Gasteiger partial charge in [-0.05, 0) is 50.1 Å². The number of rotatable bonds is 1. The van der Waals surface area contributed by atoms with Gasteiger partial charge in [0.15, 0.2) is 5.78 Å². The third-order valence-electron chi connectivity index (χ3n) is 4.95. The van der Waals surface area contributed by atoms with E-state index in [0.29, 0.717) is 5.92 Å². The minimum Gasteiger partial charge on any atom is -0.468 e.